The third-order valence-corrected chi connectivity index (χ3v) is 4.91. The van der Waals surface area contributed by atoms with Gasteiger partial charge in [0.1, 0.15) is 5.82 Å². The summed E-state index contributed by atoms with van der Waals surface area (Å²) in [6, 6.07) is 2.94. The summed E-state index contributed by atoms with van der Waals surface area (Å²) in [5.41, 5.74) is 7.25. The van der Waals surface area contributed by atoms with Gasteiger partial charge in [0.05, 0.1) is 16.4 Å². The highest BCUT2D eigenvalue weighted by Gasteiger charge is 2.24. The van der Waals surface area contributed by atoms with E-state index in [2.05, 4.69) is 18.7 Å². The molecule has 0 saturated carbocycles. The summed E-state index contributed by atoms with van der Waals surface area (Å²) in [4.78, 5) is 2.15. The Bertz CT molecular complexity index is 451. The number of benzene rings is 1. The van der Waals surface area contributed by atoms with E-state index in [1.807, 2.05) is 11.8 Å². The zero-order chi connectivity index (χ0) is 13.3. The Morgan fingerprint density at radius 3 is 2.83 bits per heavy atom. The van der Waals surface area contributed by atoms with Crippen molar-refractivity contribution in [3.05, 3.63) is 23.0 Å². The molecule has 0 amide bonds. The maximum absolute atomic E-state index is 13.5. The van der Waals surface area contributed by atoms with E-state index in [1.165, 1.54) is 12.1 Å². The first-order chi connectivity index (χ1) is 8.39. The third kappa shape index (κ3) is 3.04. The predicted molar refractivity (Wildman–Crippen MR) is 79.2 cm³/mol. The smallest absolute Gasteiger partial charge is 0.144 e. The Kier molecular flexibility index (Phi) is 3.97. The van der Waals surface area contributed by atoms with Crippen LogP contribution >= 0.6 is 23.4 Å². The normalized spacial score (nSPS) is 19.7. The van der Waals surface area contributed by atoms with Crippen LogP contribution in [0.4, 0.5) is 15.8 Å². The second kappa shape index (κ2) is 5.17. The van der Waals surface area contributed by atoms with Crippen molar-refractivity contribution in [1.82, 2.24) is 0 Å². The van der Waals surface area contributed by atoms with Gasteiger partial charge in [-0.15, -0.1) is 0 Å². The van der Waals surface area contributed by atoms with Crippen molar-refractivity contribution in [2.24, 2.45) is 0 Å². The maximum Gasteiger partial charge on any atom is 0.144 e. The van der Waals surface area contributed by atoms with E-state index in [1.54, 1.807) is 0 Å². The highest BCUT2D eigenvalue weighted by Crippen LogP contribution is 2.35. The van der Waals surface area contributed by atoms with Gasteiger partial charge in [-0.3, -0.25) is 0 Å². The fourth-order valence-electron chi connectivity index (χ4n) is 2.09. The van der Waals surface area contributed by atoms with Crippen LogP contribution < -0.4 is 10.6 Å². The molecule has 5 heteroatoms. The Balaban J connectivity index is 2.24. The lowest BCUT2D eigenvalue weighted by Gasteiger charge is -2.25. The van der Waals surface area contributed by atoms with Crippen LogP contribution in [0.25, 0.3) is 0 Å². The molecule has 0 bridgehead atoms. The molecule has 18 heavy (non-hydrogen) atoms. The summed E-state index contributed by atoms with van der Waals surface area (Å²) < 4.78 is 13.8. The van der Waals surface area contributed by atoms with E-state index in [0.717, 1.165) is 31.0 Å². The van der Waals surface area contributed by atoms with E-state index in [9.17, 15) is 4.39 Å². The number of thioether (sulfide) groups is 1. The number of halogens is 2. The monoisotopic (exact) mass is 288 g/mol. The van der Waals surface area contributed by atoms with E-state index < -0.39 is 5.82 Å². The molecule has 2 nitrogen and oxygen atoms in total. The van der Waals surface area contributed by atoms with Crippen molar-refractivity contribution < 1.29 is 4.39 Å². The molecule has 2 N–H and O–H groups in total. The van der Waals surface area contributed by atoms with Crippen LogP contribution in [-0.4, -0.2) is 23.6 Å². The van der Waals surface area contributed by atoms with Crippen LogP contribution in [0.2, 0.25) is 5.02 Å². The number of nitrogen functional groups attached to an aromatic ring is 1. The second-order valence-corrected chi connectivity index (χ2v) is 7.38. The maximum atomic E-state index is 13.5. The summed E-state index contributed by atoms with van der Waals surface area (Å²) in [7, 11) is 0. The molecule has 0 radical (unpaired) electrons. The van der Waals surface area contributed by atoms with Crippen LogP contribution in [0.5, 0.6) is 0 Å². The highest BCUT2D eigenvalue weighted by atomic mass is 35.5. The number of hydrogen-bond acceptors (Lipinski definition) is 3. The Hall–Kier alpha value is -0.610. The summed E-state index contributed by atoms with van der Waals surface area (Å²) in [5.74, 6) is 0.619. The van der Waals surface area contributed by atoms with Crippen LogP contribution in [0.3, 0.4) is 0 Å². The average molecular weight is 289 g/mol. The number of anilines is 2. The Labute approximate surface area is 117 Å². The molecule has 1 heterocycles. The number of rotatable bonds is 1. The van der Waals surface area contributed by atoms with Crippen molar-refractivity contribution in [2.75, 3.05) is 29.5 Å². The van der Waals surface area contributed by atoms with E-state index in [0.29, 0.717) is 5.69 Å². The number of hydrogen-bond donors (Lipinski definition) is 1. The van der Waals surface area contributed by atoms with Crippen LogP contribution in [0.1, 0.15) is 20.3 Å². The predicted octanol–water partition coefficient (Wildman–Crippen LogP) is 3.78. The lowest BCUT2D eigenvalue weighted by molar-refractivity contribution is 0.621. The minimum atomic E-state index is -0.406. The van der Waals surface area contributed by atoms with Crippen LogP contribution in [0, 0.1) is 5.82 Å². The highest BCUT2D eigenvalue weighted by molar-refractivity contribution is 8.00. The van der Waals surface area contributed by atoms with E-state index >= 15 is 0 Å². The standard InChI is InChI=1S/C13H18ClFN2S/c1-13(2)3-4-17(5-6-18-13)12-8-10(15)9(14)7-11(12)16/h7-8H,3-6,16H2,1-2H3. The molecule has 1 aromatic rings. The molecule has 0 aliphatic carbocycles. The van der Waals surface area contributed by atoms with Gasteiger partial charge >= 0.3 is 0 Å². The largest absolute Gasteiger partial charge is 0.397 e. The molecule has 0 aromatic heterocycles. The zero-order valence-corrected chi connectivity index (χ0v) is 12.2. The number of nitrogens with zero attached hydrogens (tertiary/aromatic N) is 1. The molecule has 1 fully saturated rings. The fourth-order valence-corrected chi connectivity index (χ4v) is 3.36. The van der Waals surface area contributed by atoms with E-state index in [4.69, 9.17) is 17.3 Å². The fraction of sp³-hybridized carbons (Fsp3) is 0.538. The summed E-state index contributed by atoms with van der Waals surface area (Å²) in [6.07, 6.45) is 1.06. The molecule has 0 unspecified atom stereocenters. The van der Waals surface area contributed by atoms with Crippen LogP contribution in [-0.2, 0) is 0 Å². The molecule has 1 aliphatic heterocycles. The first kappa shape index (κ1) is 13.8. The molecule has 100 valence electrons. The van der Waals surface area contributed by atoms with Crippen LogP contribution in [0.15, 0.2) is 12.1 Å². The molecule has 1 aromatic carbocycles. The molecular formula is C13H18ClFN2S. The van der Waals surface area contributed by atoms with Gasteiger partial charge in [0.15, 0.2) is 0 Å². The Morgan fingerprint density at radius 1 is 1.39 bits per heavy atom. The summed E-state index contributed by atoms with van der Waals surface area (Å²) in [5, 5.41) is 0.0841. The van der Waals surface area contributed by atoms with Gasteiger partial charge in [-0.2, -0.15) is 11.8 Å². The number of nitrogens with two attached hydrogens (primary N) is 1. The molecule has 0 atom stereocenters. The van der Waals surface area contributed by atoms with Gasteiger partial charge in [0.2, 0.25) is 0 Å². The van der Waals surface area contributed by atoms with Crippen molar-refractivity contribution in [1.29, 1.82) is 0 Å². The van der Waals surface area contributed by atoms with Gasteiger partial charge in [0, 0.05) is 29.7 Å². The van der Waals surface area contributed by atoms with Crippen molar-refractivity contribution in [2.45, 2.75) is 25.0 Å². The van der Waals surface area contributed by atoms with Gasteiger partial charge < -0.3 is 10.6 Å². The minimum absolute atomic E-state index is 0.0841. The summed E-state index contributed by atoms with van der Waals surface area (Å²) in [6.45, 7) is 6.27. The van der Waals surface area contributed by atoms with Gasteiger partial charge in [-0.25, -0.2) is 4.39 Å². The lowest BCUT2D eigenvalue weighted by Crippen LogP contribution is -2.27. The van der Waals surface area contributed by atoms with Crippen molar-refractivity contribution >= 4 is 34.7 Å². The van der Waals surface area contributed by atoms with Crippen molar-refractivity contribution in [3.8, 4) is 0 Å². The van der Waals surface area contributed by atoms with Gasteiger partial charge in [-0.05, 0) is 12.5 Å². The molecule has 1 aliphatic rings. The average Bonchev–Trinajstić information content (AvgIpc) is 2.45. The molecular weight excluding hydrogens is 271 g/mol. The molecule has 2 rings (SSSR count). The minimum Gasteiger partial charge on any atom is -0.397 e. The summed E-state index contributed by atoms with van der Waals surface area (Å²) >= 11 is 7.68. The quantitative estimate of drug-likeness (QED) is 0.798. The van der Waals surface area contributed by atoms with Gasteiger partial charge in [0.25, 0.3) is 0 Å². The molecule has 1 saturated heterocycles. The van der Waals surface area contributed by atoms with E-state index in [-0.39, 0.29) is 9.77 Å². The molecule has 0 spiro atoms. The first-order valence-electron chi connectivity index (χ1n) is 6.02. The Morgan fingerprint density at radius 2 is 2.11 bits per heavy atom. The SMILES string of the molecule is CC1(C)CCN(c2cc(F)c(Cl)cc2N)CCS1. The zero-order valence-electron chi connectivity index (χ0n) is 10.7. The van der Waals surface area contributed by atoms with Crippen molar-refractivity contribution in [3.63, 3.8) is 0 Å². The first-order valence-corrected chi connectivity index (χ1v) is 7.39. The third-order valence-electron chi connectivity index (χ3n) is 3.25. The topological polar surface area (TPSA) is 29.3 Å². The lowest BCUT2D eigenvalue weighted by atomic mass is 10.1. The van der Waals surface area contributed by atoms with Gasteiger partial charge in [-0.1, -0.05) is 25.4 Å². The second-order valence-electron chi connectivity index (χ2n) is 5.17.